The molecular weight excluding hydrogens is 234 g/mol. The van der Waals surface area contributed by atoms with Gasteiger partial charge in [-0.15, -0.1) is 0 Å². The van der Waals surface area contributed by atoms with Crippen LogP contribution in [-0.2, 0) is 6.42 Å². The molecule has 104 valence electrons. The Morgan fingerprint density at radius 2 is 2.26 bits per heavy atom. The highest BCUT2D eigenvalue weighted by Crippen LogP contribution is 2.28. The maximum atomic E-state index is 4.21. The van der Waals surface area contributed by atoms with Crippen molar-refractivity contribution in [2.45, 2.75) is 38.1 Å². The second-order valence-corrected chi connectivity index (χ2v) is 6.05. The molecule has 1 unspecified atom stereocenters. The Labute approximate surface area is 116 Å². The predicted molar refractivity (Wildman–Crippen MR) is 78.1 cm³/mol. The number of rotatable bonds is 6. The Morgan fingerprint density at radius 1 is 1.32 bits per heavy atom. The molecule has 0 amide bonds. The molecule has 3 rings (SSSR count). The lowest BCUT2D eigenvalue weighted by Crippen LogP contribution is -2.40. The highest BCUT2D eigenvalue weighted by Gasteiger charge is 2.30. The monoisotopic (exact) mass is 259 g/mol. The average Bonchev–Trinajstić information content (AvgIpc) is 3.30. The zero-order chi connectivity index (χ0) is 12.9. The van der Waals surface area contributed by atoms with Crippen molar-refractivity contribution in [3.8, 4) is 0 Å². The second-order valence-electron chi connectivity index (χ2n) is 6.05. The molecule has 1 aromatic rings. The minimum Gasteiger partial charge on any atom is -0.316 e. The van der Waals surface area contributed by atoms with Gasteiger partial charge in [-0.1, -0.05) is 6.07 Å². The number of pyridine rings is 1. The fourth-order valence-electron chi connectivity index (χ4n) is 3.09. The number of piperidine rings is 1. The number of aromatic nitrogens is 1. The summed E-state index contributed by atoms with van der Waals surface area (Å²) in [5.41, 5.74) is 1.37. The van der Waals surface area contributed by atoms with Crippen LogP contribution in [0.1, 0.15) is 31.2 Å². The normalized spacial score (nSPS) is 23.7. The summed E-state index contributed by atoms with van der Waals surface area (Å²) in [7, 11) is 0. The minimum absolute atomic E-state index is 0.864. The van der Waals surface area contributed by atoms with Crippen molar-refractivity contribution in [3.05, 3.63) is 30.1 Å². The van der Waals surface area contributed by atoms with Crippen molar-refractivity contribution >= 4 is 0 Å². The van der Waals surface area contributed by atoms with E-state index in [1.165, 1.54) is 57.4 Å². The third kappa shape index (κ3) is 4.02. The molecule has 1 aliphatic carbocycles. The molecule has 2 fully saturated rings. The van der Waals surface area contributed by atoms with Gasteiger partial charge >= 0.3 is 0 Å². The van der Waals surface area contributed by atoms with Crippen molar-refractivity contribution in [1.29, 1.82) is 0 Å². The van der Waals surface area contributed by atoms with Gasteiger partial charge in [-0.3, -0.25) is 9.88 Å². The van der Waals surface area contributed by atoms with Crippen molar-refractivity contribution in [3.63, 3.8) is 0 Å². The van der Waals surface area contributed by atoms with E-state index < -0.39 is 0 Å². The van der Waals surface area contributed by atoms with Gasteiger partial charge in [-0.05, 0) is 62.7 Å². The van der Waals surface area contributed by atoms with E-state index in [4.69, 9.17) is 0 Å². The molecule has 2 heterocycles. The first-order valence-electron chi connectivity index (χ1n) is 7.75. The molecule has 3 heteroatoms. The topological polar surface area (TPSA) is 28.2 Å². The van der Waals surface area contributed by atoms with Gasteiger partial charge in [-0.25, -0.2) is 0 Å². The summed E-state index contributed by atoms with van der Waals surface area (Å²) in [5, 5.41) is 3.54. The molecular formula is C16H25N3. The Hall–Kier alpha value is -0.930. The van der Waals surface area contributed by atoms with E-state index >= 15 is 0 Å². The largest absolute Gasteiger partial charge is 0.316 e. The lowest BCUT2D eigenvalue weighted by molar-refractivity contribution is 0.202. The van der Waals surface area contributed by atoms with Gasteiger partial charge < -0.3 is 5.32 Å². The van der Waals surface area contributed by atoms with Crippen molar-refractivity contribution < 1.29 is 0 Å². The summed E-state index contributed by atoms with van der Waals surface area (Å²) in [4.78, 5) is 6.94. The van der Waals surface area contributed by atoms with E-state index in [9.17, 15) is 0 Å². The van der Waals surface area contributed by atoms with Crippen LogP contribution in [-0.4, -0.2) is 42.1 Å². The van der Waals surface area contributed by atoms with Gasteiger partial charge in [-0.2, -0.15) is 0 Å². The van der Waals surface area contributed by atoms with E-state index in [0.29, 0.717) is 0 Å². The van der Waals surface area contributed by atoms with Crippen LogP contribution in [0, 0.1) is 5.92 Å². The van der Waals surface area contributed by atoms with E-state index in [2.05, 4.69) is 21.3 Å². The van der Waals surface area contributed by atoms with Crippen LogP contribution in [0.2, 0.25) is 0 Å². The Balaban J connectivity index is 1.49. The Morgan fingerprint density at radius 3 is 2.95 bits per heavy atom. The van der Waals surface area contributed by atoms with Crippen LogP contribution in [0.15, 0.2) is 24.5 Å². The summed E-state index contributed by atoms with van der Waals surface area (Å²) >= 11 is 0. The fraction of sp³-hybridized carbons (Fsp3) is 0.688. The molecule has 0 radical (unpaired) electrons. The zero-order valence-corrected chi connectivity index (χ0v) is 11.7. The SMILES string of the molecule is c1cncc(CCN(CC2CCCNC2)C2CC2)c1. The second kappa shape index (κ2) is 6.49. The third-order valence-electron chi connectivity index (χ3n) is 4.37. The number of nitrogens with zero attached hydrogens (tertiary/aromatic N) is 2. The number of hydrogen-bond donors (Lipinski definition) is 1. The van der Waals surface area contributed by atoms with Crippen molar-refractivity contribution in [1.82, 2.24) is 15.2 Å². The fourth-order valence-corrected chi connectivity index (χ4v) is 3.09. The van der Waals surface area contributed by atoms with Crippen LogP contribution in [0.3, 0.4) is 0 Å². The van der Waals surface area contributed by atoms with Gasteiger partial charge in [0.2, 0.25) is 0 Å². The van der Waals surface area contributed by atoms with Gasteiger partial charge in [0.25, 0.3) is 0 Å². The van der Waals surface area contributed by atoms with Gasteiger partial charge in [0.1, 0.15) is 0 Å². The van der Waals surface area contributed by atoms with Gasteiger partial charge in [0.15, 0.2) is 0 Å². The summed E-state index contributed by atoms with van der Waals surface area (Å²) in [6.07, 6.45) is 10.6. The first-order valence-corrected chi connectivity index (χ1v) is 7.75. The number of nitrogens with one attached hydrogen (secondary N) is 1. The minimum atomic E-state index is 0.864. The van der Waals surface area contributed by atoms with E-state index in [0.717, 1.165) is 18.4 Å². The van der Waals surface area contributed by atoms with Crippen LogP contribution >= 0.6 is 0 Å². The summed E-state index contributed by atoms with van der Waals surface area (Å²) < 4.78 is 0. The van der Waals surface area contributed by atoms with E-state index in [1.807, 2.05) is 18.5 Å². The zero-order valence-electron chi connectivity index (χ0n) is 11.7. The predicted octanol–water partition coefficient (Wildman–Crippen LogP) is 2.09. The average molecular weight is 259 g/mol. The molecule has 1 N–H and O–H groups in total. The van der Waals surface area contributed by atoms with Crippen molar-refractivity contribution in [2.24, 2.45) is 5.92 Å². The highest BCUT2D eigenvalue weighted by molar-refractivity contribution is 5.09. The van der Waals surface area contributed by atoms with Crippen LogP contribution < -0.4 is 5.32 Å². The first-order chi connectivity index (χ1) is 9.42. The first kappa shape index (κ1) is 13.1. The van der Waals surface area contributed by atoms with E-state index in [-0.39, 0.29) is 0 Å². The van der Waals surface area contributed by atoms with Crippen LogP contribution in [0.4, 0.5) is 0 Å². The Bertz CT molecular complexity index is 369. The molecule has 2 aliphatic rings. The Kier molecular flexibility index (Phi) is 4.46. The van der Waals surface area contributed by atoms with Crippen LogP contribution in [0.5, 0.6) is 0 Å². The third-order valence-corrected chi connectivity index (χ3v) is 4.37. The lowest BCUT2D eigenvalue weighted by atomic mass is 9.99. The molecule has 1 saturated heterocycles. The molecule has 1 saturated carbocycles. The van der Waals surface area contributed by atoms with Crippen LogP contribution in [0.25, 0.3) is 0 Å². The highest BCUT2D eigenvalue weighted by atomic mass is 15.2. The quantitative estimate of drug-likeness (QED) is 0.848. The van der Waals surface area contributed by atoms with Crippen molar-refractivity contribution in [2.75, 3.05) is 26.2 Å². The summed E-state index contributed by atoms with van der Waals surface area (Å²) in [6, 6.07) is 5.11. The maximum absolute atomic E-state index is 4.21. The smallest absolute Gasteiger partial charge is 0.0300 e. The van der Waals surface area contributed by atoms with Gasteiger partial charge in [0, 0.05) is 31.5 Å². The molecule has 0 bridgehead atoms. The standard InChI is InChI=1S/C16H25N3/c1-3-14(11-17-8-1)7-10-19(16-5-6-16)13-15-4-2-9-18-12-15/h1,3,8,11,15-16,18H,2,4-7,9-10,12-13H2. The lowest BCUT2D eigenvalue weighted by Gasteiger charge is -2.30. The molecule has 1 atom stereocenters. The van der Waals surface area contributed by atoms with E-state index in [1.54, 1.807) is 0 Å². The molecule has 19 heavy (non-hydrogen) atoms. The maximum Gasteiger partial charge on any atom is 0.0300 e. The summed E-state index contributed by atoms with van der Waals surface area (Å²) in [5.74, 6) is 0.864. The molecule has 0 aromatic carbocycles. The molecule has 3 nitrogen and oxygen atoms in total. The molecule has 1 aromatic heterocycles. The number of hydrogen-bond acceptors (Lipinski definition) is 3. The van der Waals surface area contributed by atoms with Gasteiger partial charge in [0.05, 0.1) is 0 Å². The summed E-state index contributed by atoms with van der Waals surface area (Å²) in [6.45, 7) is 4.93. The molecule has 0 spiro atoms. The molecule has 1 aliphatic heterocycles.